The Bertz CT molecular complexity index is 1370. The summed E-state index contributed by atoms with van der Waals surface area (Å²) in [7, 11) is 0. The summed E-state index contributed by atoms with van der Waals surface area (Å²) in [4.78, 5) is 37.6. The fourth-order valence-electron chi connectivity index (χ4n) is 4.14. The second kappa shape index (κ2) is 11.4. The topological polar surface area (TPSA) is 84.4 Å². The Morgan fingerprint density at radius 3 is 2.35 bits per heavy atom. The summed E-state index contributed by atoms with van der Waals surface area (Å²) in [5, 5.41) is 2.83. The number of ether oxygens (including phenoxy) is 1. The Morgan fingerprint density at radius 1 is 1.00 bits per heavy atom. The molecular formula is C29H27FN4O3. The number of hydrogen-bond acceptors (Lipinski definition) is 5. The van der Waals surface area contributed by atoms with E-state index >= 15 is 0 Å². The summed E-state index contributed by atoms with van der Waals surface area (Å²) in [5.41, 5.74) is 3.30. The van der Waals surface area contributed by atoms with Crippen LogP contribution >= 0.6 is 0 Å². The number of aromatic nitrogens is 2. The lowest BCUT2D eigenvalue weighted by atomic mass is 10.00. The van der Waals surface area contributed by atoms with E-state index in [1.165, 1.54) is 47.8 Å². The predicted molar refractivity (Wildman–Crippen MR) is 140 cm³/mol. The van der Waals surface area contributed by atoms with Crippen LogP contribution in [0.2, 0.25) is 0 Å². The highest BCUT2D eigenvalue weighted by molar-refractivity contribution is 6.11. The minimum absolute atomic E-state index is 0.0788. The first kappa shape index (κ1) is 25.5. The molecule has 7 nitrogen and oxygen atoms in total. The number of carbonyl (C=O) groups is 2. The van der Waals surface area contributed by atoms with Crippen LogP contribution in [0.25, 0.3) is 0 Å². The average molecular weight is 499 g/mol. The van der Waals surface area contributed by atoms with Gasteiger partial charge in [-0.3, -0.25) is 19.5 Å². The lowest BCUT2D eigenvalue weighted by Crippen LogP contribution is -2.42. The monoisotopic (exact) mass is 498 g/mol. The minimum atomic E-state index is -1.15. The molecule has 37 heavy (non-hydrogen) atoms. The van der Waals surface area contributed by atoms with Gasteiger partial charge in [-0.1, -0.05) is 24.3 Å². The summed E-state index contributed by atoms with van der Waals surface area (Å²) in [6.07, 6.45) is 4.26. The van der Waals surface area contributed by atoms with Crippen LogP contribution in [0.5, 0.6) is 5.75 Å². The summed E-state index contributed by atoms with van der Waals surface area (Å²) in [6, 6.07) is 17.0. The highest BCUT2D eigenvalue weighted by atomic mass is 19.1. The normalized spacial score (nSPS) is 11.5. The third kappa shape index (κ3) is 5.98. The van der Waals surface area contributed by atoms with Gasteiger partial charge < -0.3 is 10.1 Å². The van der Waals surface area contributed by atoms with Crippen molar-refractivity contribution < 1.29 is 18.7 Å². The molecule has 0 spiro atoms. The van der Waals surface area contributed by atoms with E-state index in [1.54, 1.807) is 24.3 Å². The van der Waals surface area contributed by atoms with Crippen LogP contribution in [-0.2, 0) is 4.79 Å². The summed E-state index contributed by atoms with van der Waals surface area (Å²) >= 11 is 0. The standard InChI is InChI=1S/C29H27FN4O3/c1-4-37-26-8-6-5-7-24(26)27(28(35)33-22-11-9-21(30)10-12-22)34(23-16-19(2)15-20(3)17-23)29(36)25-18-31-13-14-32-25/h5-18,27H,4H2,1-3H3,(H,33,35)/t27-/m1/s1. The molecule has 4 rings (SSSR count). The van der Waals surface area contributed by atoms with E-state index in [-0.39, 0.29) is 5.69 Å². The molecule has 0 bridgehead atoms. The van der Waals surface area contributed by atoms with Gasteiger partial charge in [0, 0.05) is 29.3 Å². The van der Waals surface area contributed by atoms with Crippen LogP contribution < -0.4 is 15.0 Å². The van der Waals surface area contributed by atoms with Gasteiger partial charge in [0.25, 0.3) is 11.8 Å². The fraction of sp³-hybridized carbons (Fsp3) is 0.172. The largest absolute Gasteiger partial charge is 0.493 e. The zero-order valence-electron chi connectivity index (χ0n) is 20.8. The zero-order chi connectivity index (χ0) is 26.4. The maximum Gasteiger partial charge on any atom is 0.279 e. The number of amides is 2. The van der Waals surface area contributed by atoms with Crippen LogP contribution in [0.15, 0.2) is 85.3 Å². The highest BCUT2D eigenvalue weighted by Gasteiger charge is 2.36. The highest BCUT2D eigenvalue weighted by Crippen LogP contribution is 2.36. The fourth-order valence-corrected chi connectivity index (χ4v) is 4.14. The van der Waals surface area contributed by atoms with Gasteiger partial charge in [-0.25, -0.2) is 9.37 Å². The molecule has 0 radical (unpaired) electrons. The first-order chi connectivity index (χ1) is 17.9. The zero-order valence-corrected chi connectivity index (χ0v) is 20.8. The Balaban J connectivity index is 1.92. The molecule has 0 saturated carbocycles. The molecule has 188 valence electrons. The molecule has 1 atom stereocenters. The third-order valence-corrected chi connectivity index (χ3v) is 5.62. The Labute approximate surface area is 215 Å². The van der Waals surface area contributed by atoms with E-state index in [0.717, 1.165) is 11.1 Å². The van der Waals surface area contributed by atoms with Crippen molar-refractivity contribution in [2.24, 2.45) is 0 Å². The van der Waals surface area contributed by atoms with Crippen LogP contribution in [0.3, 0.4) is 0 Å². The Hall–Kier alpha value is -4.59. The van der Waals surface area contributed by atoms with E-state index in [4.69, 9.17) is 4.74 Å². The lowest BCUT2D eigenvalue weighted by molar-refractivity contribution is -0.117. The van der Waals surface area contributed by atoms with Crippen LogP contribution in [-0.4, -0.2) is 28.4 Å². The van der Waals surface area contributed by atoms with Crippen molar-refractivity contribution in [1.29, 1.82) is 0 Å². The van der Waals surface area contributed by atoms with Crippen LogP contribution in [0, 0.1) is 19.7 Å². The number of nitrogens with one attached hydrogen (secondary N) is 1. The number of nitrogens with zero attached hydrogens (tertiary/aromatic N) is 3. The minimum Gasteiger partial charge on any atom is -0.493 e. The van der Waals surface area contributed by atoms with Crippen molar-refractivity contribution in [3.05, 3.63) is 114 Å². The molecule has 1 aromatic heterocycles. The Kier molecular flexibility index (Phi) is 7.88. The molecule has 0 aliphatic heterocycles. The molecule has 0 fully saturated rings. The molecule has 8 heteroatoms. The van der Waals surface area contributed by atoms with Crippen molar-refractivity contribution >= 4 is 23.2 Å². The van der Waals surface area contributed by atoms with Gasteiger partial charge in [0.1, 0.15) is 23.3 Å². The lowest BCUT2D eigenvalue weighted by Gasteiger charge is -2.32. The number of carbonyl (C=O) groups excluding carboxylic acids is 2. The van der Waals surface area contributed by atoms with Crippen molar-refractivity contribution in [3.63, 3.8) is 0 Å². The van der Waals surface area contributed by atoms with Crippen molar-refractivity contribution in [3.8, 4) is 5.75 Å². The van der Waals surface area contributed by atoms with E-state index in [9.17, 15) is 14.0 Å². The number of halogens is 1. The molecule has 1 N–H and O–H groups in total. The maximum absolute atomic E-state index is 14.0. The van der Waals surface area contributed by atoms with Gasteiger partial charge in [-0.2, -0.15) is 0 Å². The average Bonchev–Trinajstić information content (AvgIpc) is 2.89. The van der Waals surface area contributed by atoms with Crippen LogP contribution in [0.1, 0.15) is 40.1 Å². The van der Waals surface area contributed by atoms with Gasteiger partial charge in [0.05, 0.1) is 12.8 Å². The smallest absolute Gasteiger partial charge is 0.279 e. The van der Waals surface area contributed by atoms with Crippen molar-refractivity contribution in [1.82, 2.24) is 9.97 Å². The number of hydrogen-bond donors (Lipinski definition) is 1. The predicted octanol–water partition coefficient (Wildman–Crippen LogP) is 5.66. The summed E-state index contributed by atoms with van der Waals surface area (Å²) in [6.45, 7) is 6.05. The number of benzene rings is 3. The molecular weight excluding hydrogens is 471 g/mol. The molecule has 3 aromatic carbocycles. The van der Waals surface area contributed by atoms with Crippen LogP contribution in [0.4, 0.5) is 15.8 Å². The molecule has 0 aliphatic rings. The van der Waals surface area contributed by atoms with E-state index in [2.05, 4.69) is 15.3 Å². The molecule has 0 saturated heterocycles. The number of para-hydroxylation sites is 1. The van der Waals surface area contributed by atoms with Gasteiger partial charge in [0.15, 0.2) is 0 Å². The van der Waals surface area contributed by atoms with Gasteiger partial charge in [-0.15, -0.1) is 0 Å². The summed E-state index contributed by atoms with van der Waals surface area (Å²) < 4.78 is 19.4. The summed E-state index contributed by atoms with van der Waals surface area (Å²) in [5.74, 6) is -0.977. The second-order valence-corrected chi connectivity index (χ2v) is 8.48. The van der Waals surface area contributed by atoms with Crippen molar-refractivity contribution in [2.45, 2.75) is 26.8 Å². The maximum atomic E-state index is 14.0. The quantitative estimate of drug-likeness (QED) is 0.339. The Morgan fingerprint density at radius 2 is 1.70 bits per heavy atom. The number of anilines is 2. The SMILES string of the molecule is CCOc1ccccc1[C@H](C(=O)Nc1ccc(F)cc1)N(C(=O)c1cnccn1)c1cc(C)cc(C)c1. The first-order valence-corrected chi connectivity index (χ1v) is 11.8. The van der Waals surface area contributed by atoms with E-state index in [0.29, 0.717) is 29.3 Å². The van der Waals surface area contributed by atoms with Gasteiger partial charge in [-0.05, 0) is 74.4 Å². The van der Waals surface area contributed by atoms with E-state index in [1.807, 2.05) is 39.0 Å². The molecule has 1 heterocycles. The van der Waals surface area contributed by atoms with Gasteiger partial charge >= 0.3 is 0 Å². The number of rotatable bonds is 8. The van der Waals surface area contributed by atoms with Crippen molar-refractivity contribution in [2.75, 3.05) is 16.8 Å². The molecule has 0 aliphatic carbocycles. The molecule has 4 aromatic rings. The first-order valence-electron chi connectivity index (χ1n) is 11.8. The molecule has 0 unspecified atom stereocenters. The third-order valence-electron chi connectivity index (χ3n) is 5.62. The number of aryl methyl sites for hydroxylation is 2. The van der Waals surface area contributed by atoms with Gasteiger partial charge in [0.2, 0.25) is 0 Å². The van der Waals surface area contributed by atoms with E-state index < -0.39 is 23.7 Å². The second-order valence-electron chi connectivity index (χ2n) is 8.48. The molecule has 2 amide bonds.